The average Bonchev–Trinajstić information content (AvgIpc) is 2.86. The zero-order chi connectivity index (χ0) is 14.4. The minimum Gasteiger partial charge on any atom is -0.493 e. The van der Waals surface area contributed by atoms with Gasteiger partial charge in [-0.15, -0.1) is 0 Å². The van der Waals surface area contributed by atoms with E-state index in [4.69, 9.17) is 4.74 Å². The Bertz CT molecular complexity index is 436. The van der Waals surface area contributed by atoms with Crippen molar-refractivity contribution < 1.29 is 14.6 Å². The number of nitrogens with one attached hydrogen (secondary N) is 1. The van der Waals surface area contributed by atoms with Crippen molar-refractivity contribution in [1.29, 1.82) is 0 Å². The highest BCUT2D eigenvalue weighted by molar-refractivity contribution is 5.76. The Morgan fingerprint density at radius 2 is 1.95 bits per heavy atom. The van der Waals surface area contributed by atoms with Crippen LogP contribution in [0.3, 0.4) is 0 Å². The van der Waals surface area contributed by atoms with Crippen molar-refractivity contribution in [2.45, 2.75) is 44.6 Å². The predicted octanol–water partition coefficient (Wildman–Crippen LogP) is 2.19. The second-order valence-corrected chi connectivity index (χ2v) is 5.62. The topological polar surface area (TPSA) is 58.6 Å². The lowest BCUT2D eigenvalue weighted by atomic mass is 10.0. The first-order valence-corrected chi connectivity index (χ1v) is 7.26. The molecule has 0 atom stereocenters. The van der Waals surface area contributed by atoms with E-state index >= 15 is 0 Å². The maximum Gasteiger partial charge on any atom is 0.223 e. The fourth-order valence-electron chi connectivity index (χ4n) is 2.46. The van der Waals surface area contributed by atoms with E-state index in [0.29, 0.717) is 19.6 Å². The van der Waals surface area contributed by atoms with Gasteiger partial charge in [0.25, 0.3) is 0 Å². The van der Waals surface area contributed by atoms with Crippen LogP contribution >= 0.6 is 0 Å². The van der Waals surface area contributed by atoms with Gasteiger partial charge in [-0.1, -0.05) is 30.5 Å². The van der Waals surface area contributed by atoms with Gasteiger partial charge in [0.2, 0.25) is 5.91 Å². The SMILES string of the molecule is Cc1ccc(OCCC(=O)NCC2(O)CCCC2)cc1. The summed E-state index contributed by atoms with van der Waals surface area (Å²) in [6, 6.07) is 7.75. The minimum atomic E-state index is -0.687. The van der Waals surface area contributed by atoms with Gasteiger partial charge >= 0.3 is 0 Å². The van der Waals surface area contributed by atoms with Crippen LogP contribution in [-0.4, -0.2) is 29.8 Å². The molecule has 0 radical (unpaired) electrons. The summed E-state index contributed by atoms with van der Waals surface area (Å²) in [7, 11) is 0. The molecule has 0 bridgehead atoms. The van der Waals surface area contributed by atoms with E-state index in [0.717, 1.165) is 31.4 Å². The van der Waals surface area contributed by atoms with E-state index < -0.39 is 5.60 Å². The molecule has 0 heterocycles. The molecule has 1 fully saturated rings. The van der Waals surface area contributed by atoms with Crippen molar-refractivity contribution in [1.82, 2.24) is 5.32 Å². The Hall–Kier alpha value is -1.55. The zero-order valence-corrected chi connectivity index (χ0v) is 12.0. The number of benzene rings is 1. The average molecular weight is 277 g/mol. The summed E-state index contributed by atoms with van der Waals surface area (Å²) < 4.78 is 5.51. The van der Waals surface area contributed by atoms with E-state index in [9.17, 15) is 9.90 Å². The third-order valence-corrected chi connectivity index (χ3v) is 3.77. The standard InChI is InChI=1S/C16H23NO3/c1-13-4-6-14(7-5-13)20-11-8-15(18)17-12-16(19)9-2-3-10-16/h4-7,19H,2-3,8-12H2,1H3,(H,17,18). The van der Waals surface area contributed by atoms with Gasteiger partial charge in [0, 0.05) is 6.54 Å². The Morgan fingerprint density at radius 3 is 2.60 bits per heavy atom. The van der Waals surface area contributed by atoms with Crippen LogP contribution in [0.15, 0.2) is 24.3 Å². The molecule has 2 N–H and O–H groups in total. The summed E-state index contributed by atoms with van der Waals surface area (Å²) >= 11 is 0. The lowest BCUT2D eigenvalue weighted by molar-refractivity contribution is -0.122. The van der Waals surface area contributed by atoms with E-state index in [1.165, 1.54) is 5.56 Å². The largest absolute Gasteiger partial charge is 0.493 e. The second kappa shape index (κ2) is 6.75. The zero-order valence-electron chi connectivity index (χ0n) is 12.0. The molecule has 0 saturated heterocycles. The third-order valence-electron chi connectivity index (χ3n) is 3.77. The normalized spacial score (nSPS) is 16.9. The first-order valence-electron chi connectivity index (χ1n) is 7.26. The summed E-state index contributed by atoms with van der Waals surface area (Å²) in [5.41, 5.74) is 0.493. The number of rotatable bonds is 6. The first-order chi connectivity index (χ1) is 9.57. The van der Waals surface area contributed by atoms with Crippen LogP contribution in [0.25, 0.3) is 0 Å². The number of hydrogen-bond acceptors (Lipinski definition) is 3. The van der Waals surface area contributed by atoms with Crippen LogP contribution in [-0.2, 0) is 4.79 Å². The van der Waals surface area contributed by atoms with Crippen molar-refractivity contribution in [3.63, 3.8) is 0 Å². The van der Waals surface area contributed by atoms with Crippen LogP contribution < -0.4 is 10.1 Å². The van der Waals surface area contributed by atoms with Gasteiger partial charge < -0.3 is 15.2 Å². The summed E-state index contributed by atoms with van der Waals surface area (Å²) in [5.74, 6) is 0.704. The monoisotopic (exact) mass is 277 g/mol. The van der Waals surface area contributed by atoms with Crippen molar-refractivity contribution in [2.24, 2.45) is 0 Å². The lowest BCUT2D eigenvalue weighted by Gasteiger charge is -2.22. The minimum absolute atomic E-state index is 0.0718. The Kier molecular flexibility index (Phi) is 5.01. The number of aliphatic hydroxyl groups is 1. The van der Waals surface area contributed by atoms with Gasteiger partial charge in [-0.25, -0.2) is 0 Å². The molecule has 1 aromatic carbocycles. The van der Waals surface area contributed by atoms with Gasteiger partial charge in [0.05, 0.1) is 18.6 Å². The molecule has 0 aliphatic heterocycles. The second-order valence-electron chi connectivity index (χ2n) is 5.62. The predicted molar refractivity (Wildman–Crippen MR) is 77.7 cm³/mol. The smallest absolute Gasteiger partial charge is 0.223 e. The summed E-state index contributed by atoms with van der Waals surface area (Å²) in [5, 5.41) is 12.9. The van der Waals surface area contributed by atoms with Crippen molar-refractivity contribution in [3.05, 3.63) is 29.8 Å². The number of amides is 1. The first kappa shape index (κ1) is 14.9. The van der Waals surface area contributed by atoms with Gasteiger partial charge in [-0.2, -0.15) is 0 Å². The molecular weight excluding hydrogens is 254 g/mol. The van der Waals surface area contributed by atoms with Gasteiger partial charge in [-0.05, 0) is 31.9 Å². The highest BCUT2D eigenvalue weighted by atomic mass is 16.5. The van der Waals surface area contributed by atoms with Gasteiger partial charge in [0.1, 0.15) is 5.75 Å². The molecule has 1 aliphatic carbocycles. The molecule has 0 spiro atoms. The Labute approximate surface area is 120 Å². The molecule has 0 aromatic heterocycles. The molecule has 1 aliphatic rings. The highest BCUT2D eigenvalue weighted by Gasteiger charge is 2.31. The molecule has 4 heteroatoms. The lowest BCUT2D eigenvalue weighted by Crippen LogP contribution is -2.41. The van der Waals surface area contributed by atoms with Crippen molar-refractivity contribution in [2.75, 3.05) is 13.2 Å². The number of carbonyl (C=O) groups is 1. The Balaban J connectivity index is 1.64. The molecule has 1 aromatic rings. The number of aryl methyl sites for hydroxylation is 1. The van der Waals surface area contributed by atoms with Crippen LogP contribution in [0.5, 0.6) is 5.75 Å². The fraction of sp³-hybridized carbons (Fsp3) is 0.562. The Morgan fingerprint density at radius 1 is 1.30 bits per heavy atom. The summed E-state index contributed by atoms with van der Waals surface area (Å²) in [6.45, 7) is 2.73. The molecule has 1 amide bonds. The van der Waals surface area contributed by atoms with Crippen LogP contribution in [0.1, 0.15) is 37.7 Å². The van der Waals surface area contributed by atoms with Crippen LogP contribution in [0, 0.1) is 6.92 Å². The maximum absolute atomic E-state index is 11.7. The molecule has 1 saturated carbocycles. The van der Waals surface area contributed by atoms with Crippen LogP contribution in [0.2, 0.25) is 0 Å². The molecule has 2 rings (SSSR count). The van der Waals surface area contributed by atoms with Crippen molar-refractivity contribution >= 4 is 5.91 Å². The van der Waals surface area contributed by atoms with E-state index in [-0.39, 0.29) is 5.91 Å². The van der Waals surface area contributed by atoms with E-state index in [1.807, 2.05) is 31.2 Å². The van der Waals surface area contributed by atoms with Gasteiger partial charge in [0.15, 0.2) is 0 Å². The highest BCUT2D eigenvalue weighted by Crippen LogP contribution is 2.28. The molecular formula is C16H23NO3. The fourth-order valence-corrected chi connectivity index (χ4v) is 2.46. The number of carbonyl (C=O) groups excluding carboxylic acids is 1. The van der Waals surface area contributed by atoms with Gasteiger partial charge in [-0.3, -0.25) is 4.79 Å². The maximum atomic E-state index is 11.7. The molecule has 110 valence electrons. The molecule has 20 heavy (non-hydrogen) atoms. The summed E-state index contributed by atoms with van der Waals surface area (Å²) in [4.78, 5) is 11.7. The summed E-state index contributed by atoms with van der Waals surface area (Å²) in [6.07, 6.45) is 3.97. The number of ether oxygens (including phenoxy) is 1. The molecule has 4 nitrogen and oxygen atoms in total. The number of hydrogen-bond donors (Lipinski definition) is 2. The third kappa shape index (κ3) is 4.53. The van der Waals surface area contributed by atoms with Crippen LogP contribution in [0.4, 0.5) is 0 Å². The van der Waals surface area contributed by atoms with E-state index in [2.05, 4.69) is 5.32 Å². The molecule has 0 unspecified atom stereocenters. The van der Waals surface area contributed by atoms with E-state index in [1.54, 1.807) is 0 Å². The quantitative estimate of drug-likeness (QED) is 0.838. The van der Waals surface area contributed by atoms with Crippen molar-refractivity contribution in [3.8, 4) is 5.75 Å².